The summed E-state index contributed by atoms with van der Waals surface area (Å²) in [6.07, 6.45) is 7.65. The Morgan fingerprint density at radius 1 is 1.38 bits per heavy atom. The predicted octanol–water partition coefficient (Wildman–Crippen LogP) is 2.05. The van der Waals surface area contributed by atoms with Crippen molar-refractivity contribution in [1.29, 1.82) is 0 Å². The van der Waals surface area contributed by atoms with Crippen LogP contribution in [0.15, 0.2) is 12.4 Å². The third kappa shape index (κ3) is 2.17. The first kappa shape index (κ1) is 16.1. The van der Waals surface area contributed by atoms with Gasteiger partial charge in [-0.05, 0) is 41.6 Å². The standard InChI is InChI=1S/C19H30N4O/c1-18(2)13-5-6-19(18,3)16(7-13)22-17(24)15-10-20-9-14(15)12-8-21-23(4)11-12/h8,11,13-16,20H,5-7,9-10H2,1-4H3,(H,22,24)/t13?,14-,15+,16?,19?/m1/s1. The highest BCUT2D eigenvalue weighted by molar-refractivity contribution is 5.81. The molecule has 1 aromatic heterocycles. The van der Waals surface area contributed by atoms with Crippen LogP contribution < -0.4 is 10.6 Å². The molecule has 5 nitrogen and oxygen atoms in total. The van der Waals surface area contributed by atoms with Crippen LogP contribution in [0.2, 0.25) is 0 Å². The maximum absolute atomic E-state index is 13.0. The Kier molecular flexibility index (Phi) is 3.57. The number of aromatic nitrogens is 2. The van der Waals surface area contributed by atoms with Crippen molar-refractivity contribution in [2.45, 2.75) is 52.0 Å². The van der Waals surface area contributed by atoms with E-state index in [1.807, 2.05) is 24.1 Å². The Morgan fingerprint density at radius 3 is 2.75 bits per heavy atom. The van der Waals surface area contributed by atoms with E-state index in [0.29, 0.717) is 11.5 Å². The van der Waals surface area contributed by atoms with E-state index in [-0.39, 0.29) is 23.2 Å². The molecule has 0 aromatic carbocycles. The number of carbonyl (C=O) groups excluding carboxylic acids is 1. The molecular weight excluding hydrogens is 300 g/mol. The molecule has 2 bridgehead atoms. The Morgan fingerprint density at radius 2 is 2.17 bits per heavy atom. The first-order valence-electron chi connectivity index (χ1n) is 9.32. The second-order valence-corrected chi connectivity index (χ2v) is 8.99. The summed E-state index contributed by atoms with van der Waals surface area (Å²) in [5, 5.41) is 11.1. The second-order valence-electron chi connectivity index (χ2n) is 8.99. The number of hydrogen-bond acceptors (Lipinski definition) is 3. The summed E-state index contributed by atoms with van der Waals surface area (Å²) in [6.45, 7) is 8.80. The summed E-state index contributed by atoms with van der Waals surface area (Å²) >= 11 is 0. The van der Waals surface area contributed by atoms with Gasteiger partial charge in [-0.2, -0.15) is 5.10 Å². The molecule has 5 heteroatoms. The third-order valence-corrected chi connectivity index (χ3v) is 7.81. The van der Waals surface area contributed by atoms with Gasteiger partial charge >= 0.3 is 0 Å². The van der Waals surface area contributed by atoms with Crippen LogP contribution in [0.3, 0.4) is 0 Å². The summed E-state index contributed by atoms with van der Waals surface area (Å²) in [4.78, 5) is 13.0. The molecule has 4 rings (SSSR count). The van der Waals surface area contributed by atoms with E-state index in [1.54, 1.807) is 0 Å². The SMILES string of the molecule is Cn1cc([C@H]2CNC[C@@H]2C(=O)NC2CC3CCC2(C)C3(C)C)cn1. The molecule has 3 unspecified atom stereocenters. The average Bonchev–Trinajstić information content (AvgIpc) is 3.24. The van der Waals surface area contributed by atoms with Crippen molar-refractivity contribution >= 4 is 5.91 Å². The summed E-state index contributed by atoms with van der Waals surface area (Å²) in [5.41, 5.74) is 1.74. The molecular formula is C19H30N4O. The minimum atomic E-state index is 0.0139. The van der Waals surface area contributed by atoms with Gasteiger partial charge in [0.15, 0.2) is 0 Å². The molecule has 2 aliphatic carbocycles. The monoisotopic (exact) mass is 330 g/mol. The highest BCUT2D eigenvalue weighted by Crippen LogP contribution is 2.65. The molecule has 2 heterocycles. The van der Waals surface area contributed by atoms with Crippen molar-refractivity contribution in [3.8, 4) is 0 Å². The van der Waals surface area contributed by atoms with Crippen LogP contribution in [0.25, 0.3) is 0 Å². The van der Waals surface area contributed by atoms with Gasteiger partial charge in [0, 0.05) is 38.3 Å². The normalized spacial score (nSPS) is 40.2. The van der Waals surface area contributed by atoms with Gasteiger partial charge in [0.25, 0.3) is 0 Å². The van der Waals surface area contributed by atoms with Gasteiger partial charge in [-0.15, -0.1) is 0 Å². The van der Waals surface area contributed by atoms with E-state index in [9.17, 15) is 4.79 Å². The van der Waals surface area contributed by atoms with Crippen molar-refractivity contribution in [2.75, 3.05) is 13.1 Å². The van der Waals surface area contributed by atoms with Crippen LogP contribution in [0.1, 0.15) is 51.5 Å². The zero-order chi connectivity index (χ0) is 17.1. The van der Waals surface area contributed by atoms with Gasteiger partial charge in [0.05, 0.1) is 12.1 Å². The number of carbonyl (C=O) groups is 1. The smallest absolute Gasteiger partial charge is 0.225 e. The largest absolute Gasteiger partial charge is 0.352 e. The summed E-state index contributed by atoms with van der Waals surface area (Å²) < 4.78 is 1.82. The van der Waals surface area contributed by atoms with Gasteiger partial charge in [-0.3, -0.25) is 9.48 Å². The van der Waals surface area contributed by atoms with Crippen LogP contribution in [0.4, 0.5) is 0 Å². The molecule has 24 heavy (non-hydrogen) atoms. The molecule has 1 amide bonds. The molecule has 2 saturated carbocycles. The van der Waals surface area contributed by atoms with Crippen LogP contribution >= 0.6 is 0 Å². The molecule has 1 saturated heterocycles. The lowest BCUT2D eigenvalue weighted by Gasteiger charge is -2.40. The lowest BCUT2D eigenvalue weighted by Crippen LogP contribution is -2.49. The van der Waals surface area contributed by atoms with Gasteiger partial charge in [0.2, 0.25) is 5.91 Å². The predicted molar refractivity (Wildman–Crippen MR) is 93.5 cm³/mol. The fraction of sp³-hybridized carbons (Fsp3) is 0.789. The quantitative estimate of drug-likeness (QED) is 0.892. The lowest BCUT2D eigenvalue weighted by atomic mass is 9.69. The van der Waals surface area contributed by atoms with Gasteiger partial charge < -0.3 is 10.6 Å². The van der Waals surface area contributed by atoms with Gasteiger partial charge in [-0.25, -0.2) is 0 Å². The Hall–Kier alpha value is -1.36. The Labute approximate surface area is 144 Å². The summed E-state index contributed by atoms with van der Waals surface area (Å²) in [7, 11) is 1.93. The first-order valence-corrected chi connectivity index (χ1v) is 9.32. The summed E-state index contributed by atoms with van der Waals surface area (Å²) in [6, 6.07) is 0.328. The Balaban J connectivity index is 1.49. The average molecular weight is 330 g/mol. The molecule has 132 valence electrons. The van der Waals surface area contributed by atoms with Crippen molar-refractivity contribution in [3.05, 3.63) is 18.0 Å². The maximum atomic E-state index is 13.0. The minimum Gasteiger partial charge on any atom is -0.352 e. The number of amides is 1. The highest BCUT2D eigenvalue weighted by atomic mass is 16.2. The number of hydrogen-bond donors (Lipinski definition) is 2. The molecule has 0 spiro atoms. The van der Waals surface area contributed by atoms with E-state index in [4.69, 9.17) is 0 Å². The number of aryl methyl sites for hydroxylation is 1. The number of nitrogens with zero attached hydrogens (tertiary/aromatic N) is 2. The molecule has 0 radical (unpaired) electrons. The van der Waals surface area contributed by atoms with Gasteiger partial charge in [0.1, 0.15) is 0 Å². The fourth-order valence-electron chi connectivity index (χ4n) is 5.64. The highest BCUT2D eigenvalue weighted by Gasteiger charge is 2.61. The topological polar surface area (TPSA) is 59.0 Å². The fourth-order valence-corrected chi connectivity index (χ4v) is 5.64. The van der Waals surface area contributed by atoms with Crippen LogP contribution in [-0.2, 0) is 11.8 Å². The van der Waals surface area contributed by atoms with Gasteiger partial charge in [-0.1, -0.05) is 20.8 Å². The number of fused-ring (bicyclic) bond motifs is 2. The van der Waals surface area contributed by atoms with E-state index < -0.39 is 0 Å². The van der Waals surface area contributed by atoms with E-state index >= 15 is 0 Å². The number of nitrogens with one attached hydrogen (secondary N) is 2. The molecule has 3 fully saturated rings. The van der Waals surface area contributed by atoms with E-state index in [1.165, 1.54) is 18.4 Å². The van der Waals surface area contributed by atoms with E-state index in [0.717, 1.165) is 25.4 Å². The maximum Gasteiger partial charge on any atom is 0.225 e. The van der Waals surface area contributed by atoms with Crippen LogP contribution in [0, 0.1) is 22.7 Å². The molecule has 2 N–H and O–H groups in total. The zero-order valence-corrected chi connectivity index (χ0v) is 15.3. The summed E-state index contributed by atoms with van der Waals surface area (Å²) in [5.74, 6) is 1.23. The Bertz CT molecular complexity index is 652. The van der Waals surface area contributed by atoms with Crippen LogP contribution in [-0.4, -0.2) is 34.8 Å². The third-order valence-electron chi connectivity index (χ3n) is 7.81. The molecule has 1 aliphatic heterocycles. The van der Waals surface area contributed by atoms with Crippen molar-refractivity contribution in [3.63, 3.8) is 0 Å². The second kappa shape index (κ2) is 5.32. The molecule has 1 aromatic rings. The van der Waals surface area contributed by atoms with Crippen molar-refractivity contribution in [1.82, 2.24) is 20.4 Å². The number of rotatable bonds is 3. The van der Waals surface area contributed by atoms with Crippen molar-refractivity contribution in [2.24, 2.45) is 29.7 Å². The minimum absolute atomic E-state index is 0.0139. The van der Waals surface area contributed by atoms with E-state index in [2.05, 4.69) is 36.5 Å². The zero-order valence-electron chi connectivity index (χ0n) is 15.3. The van der Waals surface area contributed by atoms with Crippen LogP contribution in [0.5, 0.6) is 0 Å². The molecule has 5 atom stereocenters. The first-order chi connectivity index (χ1) is 11.3. The van der Waals surface area contributed by atoms with Crippen molar-refractivity contribution < 1.29 is 4.79 Å². The lowest BCUT2D eigenvalue weighted by molar-refractivity contribution is -0.126. The molecule has 3 aliphatic rings.